The first-order valence-corrected chi connectivity index (χ1v) is 6.35. The third kappa shape index (κ3) is 3.98. The molecule has 0 unspecified atom stereocenters. The van der Waals surface area contributed by atoms with Gasteiger partial charge in [0.15, 0.2) is 5.82 Å². The minimum absolute atomic E-state index is 0.178. The number of hydrogen-bond donors (Lipinski definition) is 2. The molecule has 0 fully saturated rings. The second-order valence-electron chi connectivity index (χ2n) is 4.40. The summed E-state index contributed by atoms with van der Waals surface area (Å²) in [6.45, 7) is 2.30. The van der Waals surface area contributed by atoms with Crippen LogP contribution in [0.3, 0.4) is 0 Å². The number of pyridine rings is 1. The summed E-state index contributed by atoms with van der Waals surface area (Å²) in [6.07, 6.45) is 1.82. The smallest absolute Gasteiger partial charge is 0.229 e. The highest BCUT2D eigenvalue weighted by Crippen LogP contribution is 2.14. The molecule has 104 valence electrons. The Morgan fingerprint density at radius 2 is 2.20 bits per heavy atom. The first-order chi connectivity index (χ1) is 9.65. The number of hydrogen-bond acceptors (Lipinski definition) is 4. The number of carbonyl (C=O) groups is 1. The highest BCUT2D eigenvalue weighted by molar-refractivity contribution is 5.92. The summed E-state index contributed by atoms with van der Waals surface area (Å²) >= 11 is 0. The SMILES string of the molecule is Cc1cccc(OCCC(=O)Nc2ncccc2N)c1. The lowest BCUT2D eigenvalue weighted by molar-refractivity contribution is -0.116. The Kier molecular flexibility index (Phi) is 4.55. The predicted molar refractivity (Wildman–Crippen MR) is 78.6 cm³/mol. The molecular formula is C15H17N3O2. The number of rotatable bonds is 5. The van der Waals surface area contributed by atoms with Gasteiger partial charge in [0, 0.05) is 6.20 Å². The molecule has 2 rings (SSSR count). The lowest BCUT2D eigenvalue weighted by atomic mass is 10.2. The van der Waals surface area contributed by atoms with Crippen LogP contribution >= 0.6 is 0 Å². The maximum atomic E-state index is 11.7. The van der Waals surface area contributed by atoms with E-state index >= 15 is 0 Å². The summed E-state index contributed by atoms with van der Waals surface area (Å²) in [4.78, 5) is 15.7. The van der Waals surface area contributed by atoms with E-state index in [0.29, 0.717) is 18.1 Å². The molecule has 0 radical (unpaired) electrons. The van der Waals surface area contributed by atoms with Gasteiger partial charge in [-0.05, 0) is 36.8 Å². The van der Waals surface area contributed by atoms with Crippen LogP contribution < -0.4 is 15.8 Å². The van der Waals surface area contributed by atoms with Crippen LogP contribution in [-0.4, -0.2) is 17.5 Å². The maximum Gasteiger partial charge on any atom is 0.229 e. The number of nitrogen functional groups attached to an aromatic ring is 1. The third-order valence-electron chi connectivity index (χ3n) is 2.68. The summed E-state index contributed by atoms with van der Waals surface area (Å²) in [5, 5.41) is 2.65. The van der Waals surface area contributed by atoms with E-state index in [9.17, 15) is 4.79 Å². The van der Waals surface area contributed by atoms with Gasteiger partial charge in [0.2, 0.25) is 5.91 Å². The van der Waals surface area contributed by atoms with Crippen molar-refractivity contribution >= 4 is 17.4 Å². The molecule has 0 aliphatic heterocycles. The normalized spacial score (nSPS) is 10.1. The van der Waals surface area contributed by atoms with Crippen molar-refractivity contribution in [1.82, 2.24) is 4.98 Å². The summed E-state index contributed by atoms with van der Waals surface area (Å²) in [5.41, 5.74) is 7.26. The molecule has 0 saturated heterocycles. The van der Waals surface area contributed by atoms with Gasteiger partial charge >= 0.3 is 0 Å². The fourth-order valence-corrected chi connectivity index (χ4v) is 1.68. The van der Waals surface area contributed by atoms with Crippen LogP contribution in [0.15, 0.2) is 42.6 Å². The molecule has 0 aliphatic rings. The van der Waals surface area contributed by atoms with Crippen molar-refractivity contribution in [2.75, 3.05) is 17.7 Å². The van der Waals surface area contributed by atoms with Gasteiger partial charge < -0.3 is 15.8 Å². The molecule has 20 heavy (non-hydrogen) atoms. The summed E-state index contributed by atoms with van der Waals surface area (Å²) in [7, 11) is 0. The van der Waals surface area contributed by atoms with Gasteiger partial charge in [-0.25, -0.2) is 4.98 Å². The fourth-order valence-electron chi connectivity index (χ4n) is 1.68. The number of aryl methyl sites for hydroxylation is 1. The Balaban J connectivity index is 1.80. The number of nitrogens with one attached hydrogen (secondary N) is 1. The molecule has 0 bridgehead atoms. The zero-order valence-electron chi connectivity index (χ0n) is 11.3. The molecular weight excluding hydrogens is 254 g/mol. The second kappa shape index (κ2) is 6.56. The summed E-state index contributed by atoms with van der Waals surface area (Å²) in [5.74, 6) is 0.964. The monoisotopic (exact) mass is 271 g/mol. The third-order valence-corrected chi connectivity index (χ3v) is 2.68. The van der Waals surface area contributed by atoms with Crippen LogP contribution in [0.1, 0.15) is 12.0 Å². The Labute approximate surface area is 117 Å². The first kappa shape index (κ1) is 13.9. The number of nitrogens with zero attached hydrogens (tertiary/aromatic N) is 1. The quantitative estimate of drug-likeness (QED) is 0.875. The van der Waals surface area contributed by atoms with Gasteiger partial charge in [-0.2, -0.15) is 0 Å². The average molecular weight is 271 g/mol. The Morgan fingerprint density at radius 3 is 2.95 bits per heavy atom. The van der Waals surface area contributed by atoms with Crippen molar-refractivity contribution < 1.29 is 9.53 Å². The zero-order chi connectivity index (χ0) is 14.4. The van der Waals surface area contributed by atoms with Gasteiger partial charge in [0.1, 0.15) is 5.75 Å². The van der Waals surface area contributed by atoms with E-state index in [4.69, 9.17) is 10.5 Å². The van der Waals surface area contributed by atoms with E-state index in [1.54, 1.807) is 18.3 Å². The largest absolute Gasteiger partial charge is 0.493 e. The van der Waals surface area contributed by atoms with Crippen molar-refractivity contribution in [3.8, 4) is 5.75 Å². The Hall–Kier alpha value is -2.56. The molecule has 0 saturated carbocycles. The molecule has 1 amide bonds. The number of amides is 1. The summed E-state index contributed by atoms with van der Waals surface area (Å²) < 4.78 is 5.51. The van der Waals surface area contributed by atoms with E-state index in [2.05, 4.69) is 10.3 Å². The van der Waals surface area contributed by atoms with Crippen LogP contribution in [0, 0.1) is 6.92 Å². The van der Waals surface area contributed by atoms with Crippen molar-refractivity contribution in [2.24, 2.45) is 0 Å². The highest BCUT2D eigenvalue weighted by Gasteiger charge is 2.06. The minimum Gasteiger partial charge on any atom is -0.493 e. The molecule has 0 spiro atoms. The van der Waals surface area contributed by atoms with Crippen LogP contribution in [0.25, 0.3) is 0 Å². The first-order valence-electron chi connectivity index (χ1n) is 6.35. The number of aromatic nitrogens is 1. The lowest BCUT2D eigenvalue weighted by Gasteiger charge is -2.08. The molecule has 2 aromatic rings. The van der Waals surface area contributed by atoms with Gasteiger partial charge in [-0.3, -0.25) is 4.79 Å². The van der Waals surface area contributed by atoms with Gasteiger partial charge in [0.25, 0.3) is 0 Å². The predicted octanol–water partition coefficient (Wildman–Crippen LogP) is 2.38. The molecule has 0 atom stereocenters. The van der Waals surface area contributed by atoms with E-state index in [-0.39, 0.29) is 12.3 Å². The minimum atomic E-state index is -0.178. The average Bonchev–Trinajstić information content (AvgIpc) is 2.41. The molecule has 1 aromatic heterocycles. The van der Waals surface area contributed by atoms with Crippen LogP contribution in [0.2, 0.25) is 0 Å². The van der Waals surface area contributed by atoms with Crippen molar-refractivity contribution in [2.45, 2.75) is 13.3 Å². The number of ether oxygens (including phenoxy) is 1. The standard InChI is InChI=1S/C15H17N3O2/c1-11-4-2-5-12(10-11)20-9-7-14(19)18-15-13(16)6-3-8-17-15/h2-6,8,10H,7,9,16H2,1H3,(H,17,18,19). The second-order valence-corrected chi connectivity index (χ2v) is 4.40. The maximum absolute atomic E-state index is 11.7. The highest BCUT2D eigenvalue weighted by atomic mass is 16.5. The number of carbonyl (C=O) groups excluding carboxylic acids is 1. The van der Waals surface area contributed by atoms with Gasteiger partial charge in [0.05, 0.1) is 18.7 Å². The van der Waals surface area contributed by atoms with Crippen LogP contribution in [0.5, 0.6) is 5.75 Å². The van der Waals surface area contributed by atoms with Crippen molar-refractivity contribution in [3.05, 3.63) is 48.2 Å². The van der Waals surface area contributed by atoms with E-state index < -0.39 is 0 Å². The molecule has 0 aliphatic carbocycles. The molecule has 5 heteroatoms. The summed E-state index contributed by atoms with van der Waals surface area (Å²) in [6, 6.07) is 11.1. The van der Waals surface area contributed by atoms with Gasteiger partial charge in [-0.1, -0.05) is 12.1 Å². The van der Waals surface area contributed by atoms with Crippen molar-refractivity contribution in [3.63, 3.8) is 0 Å². The zero-order valence-corrected chi connectivity index (χ0v) is 11.3. The fraction of sp³-hybridized carbons (Fsp3) is 0.200. The van der Waals surface area contributed by atoms with E-state index in [1.165, 1.54) is 0 Å². The molecule has 1 aromatic carbocycles. The van der Waals surface area contributed by atoms with Crippen LogP contribution in [-0.2, 0) is 4.79 Å². The van der Waals surface area contributed by atoms with Crippen LogP contribution in [0.4, 0.5) is 11.5 Å². The van der Waals surface area contributed by atoms with Crippen molar-refractivity contribution in [1.29, 1.82) is 0 Å². The van der Waals surface area contributed by atoms with Gasteiger partial charge in [-0.15, -0.1) is 0 Å². The topological polar surface area (TPSA) is 77.2 Å². The number of anilines is 2. The number of nitrogens with two attached hydrogens (primary N) is 1. The number of benzene rings is 1. The Morgan fingerprint density at radius 1 is 1.35 bits per heavy atom. The van der Waals surface area contributed by atoms with E-state index in [1.807, 2.05) is 31.2 Å². The molecule has 5 nitrogen and oxygen atoms in total. The molecule has 3 N–H and O–H groups in total. The molecule has 1 heterocycles. The Bertz CT molecular complexity index is 599. The lowest BCUT2D eigenvalue weighted by Crippen LogP contribution is -2.16. The van der Waals surface area contributed by atoms with E-state index in [0.717, 1.165) is 11.3 Å².